The van der Waals surface area contributed by atoms with Crippen molar-refractivity contribution in [2.24, 2.45) is 11.8 Å². The fraction of sp³-hybridized carbons (Fsp3) is 0.600. The molecule has 108 valence electrons. The maximum absolute atomic E-state index is 12.2. The molecule has 20 heavy (non-hydrogen) atoms. The van der Waals surface area contributed by atoms with E-state index in [1.165, 1.54) is 0 Å². The van der Waals surface area contributed by atoms with E-state index in [0.717, 1.165) is 49.3 Å². The summed E-state index contributed by atoms with van der Waals surface area (Å²) in [4.78, 5) is 21.0. The van der Waals surface area contributed by atoms with Crippen LogP contribution in [0.4, 0.5) is 0 Å². The van der Waals surface area contributed by atoms with Crippen molar-refractivity contribution >= 4 is 21.8 Å². The fourth-order valence-electron chi connectivity index (χ4n) is 2.76. The van der Waals surface area contributed by atoms with E-state index < -0.39 is 0 Å². The molecule has 1 amide bonds. The highest BCUT2D eigenvalue weighted by molar-refractivity contribution is 9.10. The number of pyridine rings is 1. The highest BCUT2D eigenvalue weighted by Gasteiger charge is 2.41. The molecule has 2 heterocycles. The Morgan fingerprint density at radius 1 is 1.35 bits per heavy atom. The lowest BCUT2D eigenvalue weighted by molar-refractivity contribution is -0.134. The Morgan fingerprint density at radius 3 is 2.60 bits per heavy atom. The monoisotopic (exact) mass is 337 g/mol. The van der Waals surface area contributed by atoms with Crippen LogP contribution in [-0.4, -0.2) is 46.9 Å². The molecule has 0 unspecified atom stereocenters. The Kier molecular flexibility index (Phi) is 4.08. The Hall–Kier alpha value is -0.940. The average molecular weight is 338 g/mol. The largest absolute Gasteiger partial charge is 0.340 e. The lowest BCUT2D eigenvalue weighted by atomic mass is 10.2. The van der Waals surface area contributed by atoms with Gasteiger partial charge in [0.25, 0.3) is 0 Å². The van der Waals surface area contributed by atoms with Crippen LogP contribution < -0.4 is 0 Å². The first-order valence-corrected chi connectivity index (χ1v) is 8.04. The predicted molar refractivity (Wildman–Crippen MR) is 81.1 cm³/mol. The molecule has 2 fully saturated rings. The van der Waals surface area contributed by atoms with Crippen LogP contribution in [-0.2, 0) is 11.3 Å². The normalized spacial score (nSPS) is 26.6. The molecule has 1 saturated carbocycles. The fourth-order valence-corrected chi connectivity index (χ4v) is 2.99. The summed E-state index contributed by atoms with van der Waals surface area (Å²) in [5.41, 5.74) is 1.09. The average Bonchev–Trinajstić information content (AvgIpc) is 3.19. The summed E-state index contributed by atoms with van der Waals surface area (Å²) in [7, 11) is 0. The molecule has 1 aromatic heterocycles. The van der Waals surface area contributed by atoms with Crippen molar-refractivity contribution in [3.05, 3.63) is 28.5 Å². The molecule has 3 rings (SSSR count). The topological polar surface area (TPSA) is 36.4 Å². The molecule has 2 atom stereocenters. The third-order valence-electron chi connectivity index (χ3n) is 4.28. The van der Waals surface area contributed by atoms with Gasteiger partial charge in [0.2, 0.25) is 5.91 Å². The molecule has 5 heteroatoms. The third kappa shape index (κ3) is 3.20. The quantitative estimate of drug-likeness (QED) is 0.847. The first-order chi connectivity index (χ1) is 9.63. The van der Waals surface area contributed by atoms with Gasteiger partial charge < -0.3 is 4.90 Å². The van der Waals surface area contributed by atoms with Crippen LogP contribution >= 0.6 is 15.9 Å². The first kappa shape index (κ1) is 14.0. The molecule has 0 bridgehead atoms. The van der Waals surface area contributed by atoms with E-state index in [1.54, 1.807) is 0 Å². The number of carbonyl (C=O) groups is 1. The van der Waals surface area contributed by atoms with Crippen LogP contribution in [0.5, 0.6) is 0 Å². The van der Waals surface area contributed by atoms with Crippen LogP contribution in [0.3, 0.4) is 0 Å². The molecule has 0 spiro atoms. The summed E-state index contributed by atoms with van der Waals surface area (Å²) in [6.45, 7) is 6.65. The minimum Gasteiger partial charge on any atom is -0.340 e. The summed E-state index contributed by atoms with van der Waals surface area (Å²) in [6, 6.07) is 4.07. The van der Waals surface area contributed by atoms with E-state index in [2.05, 4.69) is 32.7 Å². The maximum Gasteiger partial charge on any atom is 0.226 e. The van der Waals surface area contributed by atoms with Gasteiger partial charge in [0, 0.05) is 49.3 Å². The van der Waals surface area contributed by atoms with E-state index in [-0.39, 0.29) is 0 Å². The van der Waals surface area contributed by atoms with Gasteiger partial charge in [-0.15, -0.1) is 0 Å². The molecular formula is C15H20BrN3O. The Morgan fingerprint density at radius 2 is 2.05 bits per heavy atom. The summed E-state index contributed by atoms with van der Waals surface area (Å²) in [5.74, 6) is 1.29. The van der Waals surface area contributed by atoms with Gasteiger partial charge in [0.15, 0.2) is 0 Å². The minimum absolute atomic E-state index is 0.315. The summed E-state index contributed by atoms with van der Waals surface area (Å²) < 4.78 is 1.01. The minimum atomic E-state index is 0.315. The highest BCUT2D eigenvalue weighted by Crippen LogP contribution is 2.39. The van der Waals surface area contributed by atoms with Crippen molar-refractivity contribution in [1.29, 1.82) is 0 Å². The number of aromatic nitrogens is 1. The zero-order valence-electron chi connectivity index (χ0n) is 11.8. The van der Waals surface area contributed by atoms with E-state index in [4.69, 9.17) is 0 Å². The molecule has 1 aromatic rings. The zero-order chi connectivity index (χ0) is 14.1. The lowest BCUT2D eigenvalue weighted by Gasteiger charge is -2.34. The molecule has 0 aromatic carbocycles. The molecular weight excluding hydrogens is 318 g/mol. The zero-order valence-corrected chi connectivity index (χ0v) is 13.3. The van der Waals surface area contributed by atoms with E-state index >= 15 is 0 Å². The molecule has 4 nitrogen and oxygen atoms in total. The van der Waals surface area contributed by atoms with Crippen LogP contribution in [0.25, 0.3) is 0 Å². The van der Waals surface area contributed by atoms with Crippen LogP contribution in [0.2, 0.25) is 0 Å². The number of hydrogen-bond acceptors (Lipinski definition) is 3. The number of carbonyl (C=O) groups excluding carboxylic acids is 1. The van der Waals surface area contributed by atoms with Crippen molar-refractivity contribution in [3.63, 3.8) is 0 Å². The van der Waals surface area contributed by atoms with E-state index in [9.17, 15) is 4.79 Å². The van der Waals surface area contributed by atoms with Gasteiger partial charge in [0.05, 0.1) is 5.69 Å². The van der Waals surface area contributed by atoms with Crippen molar-refractivity contribution in [2.45, 2.75) is 19.9 Å². The van der Waals surface area contributed by atoms with Gasteiger partial charge in [-0.1, -0.05) is 6.92 Å². The number of piperazine rings is 1. The molecule has 1 aliphatic carbocycles. The van der Waals surface area contributed by atoms with Crippen molar-refractivity contribution in [3.8, 4) is 0 Å². The SMILES string of the molecule is C[C@@H]1C[C@@H]1C(=O)N1CCN(Cc2ccc(Br)cn2)CC1. The first-order valence-electron chi connectivity index (χ1n) is 7.25. The molecule has 0 N–H and O–H groups in total. The van der Waals surface area contributed by atoms with Crippen molar-refractivity contribution in [2.75, 3.05) is 26.2 Å². The molecule has 0 radical (unpaired) electrons. The second-order valence-electron chi connectivity index (χ2n) is 5.89. The number of nitrogens with zero attached hydrogens (tertiary/aromatic N) is 3. The Bertz CT molecular complexity index is 482. The Labute approximate surface area is 128 Å². The van der Waals surface area contributed by atoms with Gasteiger partial charge in [0.1, 0.15) is 0 Å². The number of hydrogen-bond donors (Lipinski definition) is 0. The van der Waals surface area contributed by atoms with Crippen LogP contribution in [0.15, 0.2) is 22.8 Å². The smallest absolute Gasteiger partial charge is 0.226 e. The highest BCUT2D eigenvalue weighted by atomic mass is 79.9. The van der Waals surface area contributed by atoms with Gasteiger partial charge >= 0.3 is 0 Å². The number of halogens is 1. The summed E-state index contributed by atoms with van der Waals surface area (Å²) in [6.07, 6.45) is 2.92. The maximum atomic E-state index is 12.2. The van der Waals surface area contributed by atoms with Crippen LogP contribution in [0, 0.1) is 11.8 Å². The van der Waals surface area contributed by atoms with Crippen molar-refractivity contribution in [1.82, 2.24) is 14.8 Å². The van der Waals surface area contributed by atoms with Gasteiger partial charge in [-0.2, -0.15) is 0 Å². The van der Waals surface area contributed by atoms with Gasteiger partial charge in [-0.3, -0.25) is 14.7 Å². The third-order valence-corrected chi connectivity index (χ3v) is 4.75. The Balaban J connectivity index is 1.48. The van der Waals surface area contributed by atoms with Gasteiger partial charge in [-0.05, 0) is 40.4 Å². The standard InChI is InChI=1S/C15H20BrN3O/c1-11-8-14(11)15(20)19-6-4-18(5-7-19)10-13-3-2-12(16)9-17-13/h2-3,9,11,14H,4-8,10H2,1H3/t11-,14+/m1/s1. The van der Waals surface area contributed by atoms with E-state index in [0.29, 0.717) is 17.7 Å². The second kappa shape index (κ2) is 5.82. The predicted octanol–water partition coefficient (Wildman–Crippen LogP) is 2.14. The van der Waals surface area contributed by atoms with E-state index in [1.807, 2.05) is 23.2 Å². The van der Waals surface area contributed by atoms with Gasteiger partial charge in [-0.25, -0.2) is 0 Å². The summed E-state index contributed by atoms with van der Waals surface area (Å²) >= 11 is 3.40. The van der Waals surface area contributed by atoms with Crippen LogP contribution in [0.1, 0.15) is 19.0 Å². The molecule has 1 saturated heterocycles. The number of amides is 1. The second-order valence-corrected chi connectivity index (χ2v) is 6.80. The molecule has 1 aliphatic heterocycles. The lowest BCUT2D eigenvalue weighted by Crippen LogP contribution is -2.48. The number of rotatable bonds is 3. The summed E-state index contributed by atoms with van der Waals surface area (Å²) in [5, 5.41) is 0. The van der Waals surface area contributed by atoms with Crippen molar-refractivity contribution < 1.29 is 4.79 Å². The molecule has 2 aliphatic rings.